The lowest BCUT2D eigenvalue weighted by atomic mass is 10.0. The van der Waals surface area contributed by atoms with Crippen molar-refractivity contribution in [1.29, 1.82) is 0 Å². The van der Waals surface area contributed by atoms with Crippen LogP contribution in [0.3, 0.4) is 0 Å². The number of nitrogens with zero attached hydrogens (tertiary/aromatic N) is 1. The predicted molar refractivity (Wildman–Crippen MR) is 85.7 cm³/mol. The average molecular weight is 347 g/mol. The highest BCUT2D eigenvalue weighted by Gasteiger charge is 2.31. The first-order chi connectivity index (χ1) is 11.8. The van der Waals surface area contributed by atoms with Gasteiger partial charge in [0.05, 0.1) is 18.2 Å². The molecule has 0 saturated carbocycles. The van der Waals surface area contributed by atoms with Crippen molar-refractivity contribution in [1.82, 2.24) is 4.98 Å². The monoisotopic (exact) mass is 347 g/mol. The van der Waals surface area contributed by atoms with Crippen molar-refractivity contribution in [3.05, 3.63) is 59.7 Å². The van der Waals surface area contributed by atoms with Crippen molar-refractivity contribution in [2.24, 2.45) is 0 Å². The number of hydrogen-bond donors (Lipinski definition) is 1. The molecule has 4 nitrogen and oxygen atoms in total. The third-order valence-corrected chi connectivity index (χ3v) is 3.73. The topological polar surface area (TPSA) is 59.4 Å². The minimum Gasteiger partial charge on any atom is -0.494 e. The zero-order chi connectivity index (χ0) is 18.2. The fraction of sp³-hybridized carbons (Fsp3) is 0.111. The molecule has 0 fully saturated rings. The first kappa shape index (κ1) is 16.8. The Morgan fingerprint density at radius 3 is 2.48 bits per heavy atom. The van der Waals surface area contributed by atoms with Gasteiger partial charge in [-0.2, -0.15) is 13.2 Å². The summed E-state index contributed by atoms with van der Waals surface area (Å²) in [7, 11) is 1.26. The smallest absolute Gasteiger partial charge is 0.416 e. The van der Waals surface area contributed by atoms with Gasteiger partial charge in [-0.3, -0.25) is 0 Å². The number of carbonyl (C=O) groups is 1. The number of para-hydroxylation sites is 1. The summed E-state index contributed by atoms with van der Waals surface area (Å²) in [5.74, 6) is -1.32. The third-order valence-electron chi connectivity index (χ3n) is 3.73. The molecular weight excluding hydrogens is 335 g/mol. The molecule has 0 aliphatic rings. The highest BCUT2D eigenvalue weighted by Crippen LogP contribution is 2.38. The van der Waals surface area contributed by atoms with Gasteiger partial charge in [0.1, 0.15) is 11.3 Å². The Labute approximate surface area is 140 Å². The summed E-state index contributed by atoms with van der Waals surface area (Å²) in [4.78, 5) is 16.0. The highest BCUT2D eigenvalue weighted by molar-refractivity contribution is 6.07. The molecule has 1 aromatic heterocycles. The molecule has 0 aliphatic carbocycles. The van der Waals surface area contributed by atoms with Crippen LogP contribution >= 0.6 is 0 Å². The summed E-state index contributed by atoms with van der Waals surface area (Å²) in [6.45, 7) is 0. The number of carboxylic acids is 1. The van der Waals surface area contributed by atoms with E-state index >= 15 is 0 Å². The van der Waals surface area contributed by atoms with E-state index < -0.39 is 17.7 Å². The number of aromatic nitrogens is 1. The lowest BCUT2D eigenvalue weighted by molar-refractivity contribution is -0.137. The van der Waals surface area contributed by atoms with Gasteiger partial charge in [-0.05, 0) is 18.2 Å². The number of rotatable bonds is 3. The molecule has 0 bridgehead atoms. The molecule has 25 heavy (non-hydrogen) atoms. The lowest BCUT2D eigenvalue weighted by Gasteiger charge is -2.15. The second-order valence-corrected chi connectivity index (χ2v) is 5.27. The summed E-state index contributed by atoms with van der Waals surface area (Å²) in [6.07, 6.45) is -4.52. The van der Waals surface area contributed by atoms with Crippen LogP contribution in [0.5, 0.6) is 5.75 Å². The second-order valence-electron chi connectivity index (χ2n) is 5.27. The van der Waals surface area contributed by atoms with E-state index in [0.717, 1.165) is 12.1 Å². The van der Waals surface area contributed by atoms with Crippen molar-refractivity contribution < 1.29 is 27.8 Å². The van der Waals surface area contributed by atoms with Crippen molar-refractivity contribution >= 4 is 16.9 Å². The van der Waals surface area contributed by atoms with Gasteiger partial charge in [-0.25, -0.2) is 9.78 Å². The van der Waals surface area contributed by atoms with E-state index in [1.165, 1.54) is 19.2 Å². The van der Waals surface area contributed by atoms with Crippen LogP contribution in [0.4, 0.5) is 13.2 Å². The van der Waals surface area contributed by atoms with Gasteiger partial charge in [0.25, 0.3) is 0 Å². The Bertz CT molecular complexity index is 967. The van der Waals surface area contributed by atoms with Gasteiger partial charge in [0.2, 0.25) is 0 Å². The van der Waals surface area contributed by atoms with Crippen LogP contribution in [0.25, 0.3) is 22.2 Å². The molecule has 1 N–H and O–H groups in total. The number of carboxylic acid groups (broad SMARTS) is 1. The molecule has 0 spiro atoms. The maximum absolute atomic E-state index is 13.0. The number of aromatic carboxylic acids is 1. The Balaban J connectivity index is 2.35. The minimum atomic E-state index is -4.52. The van der Waals surface area contributed by atoms with Crippen LogP contribution in [0.15, 0.2) is 48.5 Å². The largest absolute Gasteiger partial charge is 0.494 e. The first-order valence-electron chi connectivity index (χ1n) is 7.20. The summed E-state index contributed by atoms with van der Waals surface area (Å²) >= 11 is 0. The van der Waals surface area contributed by atoms with E-state index in [1.807, 2.05) is 0 Å². The van der Waals surface area contributed by atoms with Crippen molar-refractivity contribution in [2.45, 2.75) is 6.18 Å². The Morgan fingerprint density at radius 1 is 1.12 bits per heavy atom. The summed E-state index contributed by atoms with van der Waals surface area (Å²) < 4.78 is 44.1. The lowest BCUT2D eigenvalue weighted by Crippen LogP contribution is -2.07. The molecule has 2 aromatic carbocycles. The van der Waals surface area contributed by atoms with E-state index in [-0.39, 0.29) is 22.6 Å². The molecule has 0 radical (unpaired) electrons. The SMILES string of the molecule is COc1c(-c2cccc(C(F)(F)F)c2)nc2ccccc2c1C(=O)O. The standard InChI is InChI=1S/C18H12F3NO3/c1-25-16-14(17(23)24)12-7-2-3-8-13(12)22-15(16)10-5-4-6-11(9-10)18(19,20)21/h2-9H,1H3,(H,23,24). The molecule has 0 atom stereocenters. The van der Waals surface area contributed by atoms with Gasteiger partial charge in [-0.15, -0.1) is 0 Å². The highest BCUT2D eigenvalue weighted by atomic mass is 19.4. The summed E-state index contributed by atoms with van der Waals surface area (Å²) in [5.41, 5.74) is -0.461. The van der Waals surface area contributed by atoms with Gasteiger partial charge in [0.15, 0.2) is 5.75 Å². The number of halogens is 3. The van der Waals surface area contributed by atoms with Crippen molar-refractivity contribution in [2.75, 3.05) is 7.11 Å². The van der Waals surface area contributed by atoms with E-state index in [0.29, 0.717) is 10.9 Å². The number of alkyl halides is 3. The fourth-order valence-corrected chi connectivity index (χ4v) is 2.64. The molecule has 1 heterocycles. The van der Waals surface area contributed by atoms with E-state index in [2.05, 4.69) is 4.98 Å². The molecule has 0 saturated heterocycles. The van der Waals surface area contributed by atoms with Gasteiger partial charge < -0.3 is 9.84 Å². The van der Waals surface area contributed by atoms with Crippen molar-refractivity contribution in [3.8, 4) is 17.0 Å². The number of fused-ring (bicyclic) bond motifs is 1. The van der Waals surface area contributed by atoms with Crippen LogP contribution in [0, 0.1) is 0 Å². The zero-order valence-corrected chi connectivity index (χ0v) is 13.0. The van der Waals surface area contributed by atoms with E-state index in [1.54, 1.807) is 24.3 Å². The van der Waals surface area contributed by atoms with Crippen LogP contribution in [0.1, 0.15) is 15.9 Å². The number of pyridine rings is 1. The van der Waals surface area contributed by atoms with Crippen LogP contribution in [-0.2, 0) is 6.18 Å². The summed E-state index contributed by atoms with van der Waals surface area (Å²) in [6, 6.07) is 11.0. The maximum atomic E-state index is 13.0. The Hall–Kier alpha value is -3.09. The normalized spacial score (nSPS) is 11.5. The molecular formula is C18H12F3NO3. The number of ether oxygens (including phenoxy) is 1. The molecule has 3 rings (SSSR count). The van der Waals surface area contributed by atoms with Gasteiger partial charge in [-0.1, -0.05) is 30.3 Å². The zero-order valence-electron chi connectivity index (χ0n) is 13.0. The maximum Gasteiger partial charge on any atom is 0.416 e. The minimum absolute atomic E-state index is 0.0460. The van der Waals surface area contributed by atoms with Gasteiger partial charge in [0, 0.05) is 10.9 Å². The summed E-state index contributed by atoms with van der Waals surface area (Å²) in [5, 5.41) is 9.91. The molecule has 0 amide bonds. The third kappa shape index (κ3) is 3.00. The number of methoxy groups -OCH3 is 1. The predicted octanol–water partition coefficient (Wildman–Crippen LogP) is 4.63. The number of benzene rings is 2. The second kappa shape index (κ2) is 6.08. The van der Waals surface area contributed by atoms with E-state index in [9.17, 15) is 23.1 Å². The fourth-order valence-electron chi connectivity index (χ4n) is 2.64. The Morgan fingerprint density at radius 2 is 1.84 bits per heavy atom. The van der Waals surface area contributed by atoms with Crippen LogP contribution in [-0.4, -0.2) is 23.2 Å². The average Bonchev–Trinajstić information content (AvgIpc) is 2.59. The van der Waals surface area contributed by atoms with E-state index in [4.69, 9.17) is 4.74 Å². The molecule has 7 heteroatoms. The Kier molecular flexibility index (Phi) is 4.08. The first-order valence-corrected chi connectivity index (χ1v) is 7.20. The number of hydrogen-bond acceptors (Lipinski definition) is 3. The molecule has 0 unspecified atom stereocenters. The van der Waals surface area contributed by atoms with Crippen LogP contribution in [0.2, 0.25) is 0 Å². The quantitative estimate of drug-likeness (QED) is 0.751. The molecule has 128 valence electrons. The van der Waals surface area contributed by atoms with Crippen LogP contribution < -0.4 is 4.74 Å². The molecule has 0 aliphatic heterocycles. The molecule has 3 aromatic rings. The van der Waals surface area contributed by atoms with Gasteiger partial charge >= 0.3 is 12.1 Å². The van der Waals surface area contributed by atoms with Crippen molar-refractivity contribution in [3.63, 3.8) is 0 Å².